The highest BCUT2D eigenvalue weighted by atomic mass is 14.8. The van der Waals surface area contributed by atoms with E-state index < -0.39 is 0 Å². The molecule has 0 amide bonds. The van der Waals surface area contributed by atoms with E-state index in [0.29, 0.717) is 17.9 Å². The van der Waals surface area contributed by atoms with Gasteiger partial charge in [0, 0.05) is 18.3 Å². The second kappa shape index (κ2) is 9.33. The minimum absolute atomic E-state index is 0.301. The molecule has 5 rings (SSSR count). The number of allylic oxidation sites excluding steroid dienone is 3. The molecular weight excluding hydrogens is 388 g/mol. The summed E-state index contributed by atoms with van der Waals surface area (Å²) in [6.45, 7) is 6.99. The maximum atomic E-state index is 5.48. The van der Waals surface area contributed by atoms with Gasteiger partial charge in [-0.25, -0.2) is 0 Å². The average Bonchev–Trinajstić information content (AvgIpc) is 3.55. The number of aryl methyl sites for hydroxylation is 1. The smallest absolute Gasteiger partial charge is 0.0771 e. The lowest BCUT2D eigenvalue weighted by Crippen LogP contribution is -2.28. The summed E-state index contributed by atoms with van der Waals surface area (Å²) in [5.41, 5.74) is 10.6. The van der Waals surface area contributed by atoms with E-state index in [-0.39, 0.29) is 0 Å². The summed E-state index contributed by atoms with van der Waals surface area (Å²) in [5, 5.41) is 0. The molecule has 2 heteroatoms. The number of hydrogen-bond acceptors (Lipinski definition) is 2. The van der Waals surface area contributed by atoms with E-state index in [1.165, 1.54) is 54.5 Å². The molecule has 168 valence electrons. The molecular formula is C30H38N2. The number of nitrogens with zero attached hydrogens (tertiary/aromatic N) is 2. The van der Waals surface area contributed by atoms with Gasteiger partial charge in [0.25, 0.3) is 0 Å². The maximum absolute atomic E-state index is 5.48. The van der Waals surface area contributed by atoms with Crippen molar-refractivity contribution in [2.75, 3.05) is 0 Å². The molecule has 32 heavy (non-hydrogen) atoms. The molecule has 1 aromatic rings. The summed E-state index contributed by atoms with van der Waals surface area (Å²) in [5.74, 6) is 1.98. The Hall–Kier alpha value is -2.22. The van der Waals surface area contributed by atoms with Crippen LogP contribution in [-0.4, -0.2) is 18.0 Å². The normalized spacial score (nSPS) is 29.3. The molecule has 0 radical (unpaired) electrons. The first-order valence-corrected chi connectivity index (χ1v) is 12.9. The van der Waals surface area contributed by atoms with Crippen LogP contribution in [-0.2, 0) is 0 Å². The largest absolute Gasteiger partial charge is 0.277 e. The molecule has 2 aliphatic carbocycles. The number of unbranched alkanes of at least 4 members (excludes halogenated alkanes) is 2. The van der Waals surface area contributed by atoms with Crippen molar-refractivity contribution in [1.29, 1.82) is 0 Å². The average molecular weight is 427 g/mol. The summed E-state index contributed by atoms with van der Waals surface area (Å²) in [6.07, 6.45) is 17.7. The first-order chi connectivity index (χ1) is 15.7. The first-order valence-electron chi connectivity index (χ1n) is 12.9. The summed E-state index contributed by atoms with van der Waals surface area (Å²) >= 11 is 0. The third kappa shape index (κ3) is 4.34. The van der Waals surface area contributed by atoms with Crippen molar-refractivity contribution in [3.63, 3.8) is 0 Å². The van der Waals surface area contributed by atoms with Crippen molar-refractivity contribution in [2.24, 2.45) is 21.8 Å². The summed E-state index contributed by atoms with van der Waals surface area (Å²) in [4.78, 5) is 9.97. The Morgan fingerprint density at radius 3 is 2.66 bits per heavy atom. The summed E-state index contributed by atoms with van der Waals surface area (Å²) in [6, 6.07) is 9.30. The Morgan fingerprint density at radius 2 is 1.94 bits per heavy atom. The number of rotatable bonds is 7. The van der Waals surface area contributed by atoms with Gasteiger partial charge < -0.3 is 0 Å². The molecule has 4 unspecified atom stereocenters. The molecule has 2 heterocycles. The predicted molar refractivity (Wildman–Crippen MR) is 137 cm³/mol. The van der Waals surface area contributed by atoms with E-state index >= 15 is 0 Å². The second-order valence-electron chi connectivity index (χ2n) is 10.4. The molecule has 2 aliphatic heterocycles. The molecule has 4 aliphatic rings. The van der Waals surface area contributed by atoms with E-state index in [0.717, 1.165) is 31.6 Å². The van der Waals surface area contributed by atoms with E-state index in [4.69, 9.17) is 4.99 Å². The van der Waals surface area contributed by atoms with Gasteiger partial charge in [-0.15, -0.1) is 0 Å². The minimum atomic E-state index is 0.301. The predicted octanol–water partition coefficient (Wildman–Crippen LogP) is 7.90. The van der Waals surface area contributed by atoms with Gasteiger partial charge in [-0.3, -0.25) is 9.98 Å². The molecule has 4 atom stereocenters. The van der Waals surface area contributed by atoms with Crippen LogP contribution in [0, 0.1) is 18.8 Å². The lowest BCUT2D eigenvalue weighted by Gasteiger charge is -2.35. The highest BCUT2D eigenvalue weighted by Crippen LogP contribution is 2.51. The van der Waals surface area contributed by atoms with Gasteiger partial charge in [0.15, 0.2) is 0 Å². The fraction of sp³-hybridized carbons (Fsp3) is 0.533. The molecule has 0 N–H and O–H groups in total. The van der Waals surface area contributed by atoms with E-state index in [2.05, 4.69) is 62.3 Å². The lowest BCUT2D eigenvalue weighted by atomic mass is 9.73. The van der Waals surface area contributed by atoms with Crippen molar-refractivity contribution in [3.8, 4) is 0 Å². The molecule has 1 aromatic carbocycles. The van der Waals surface area contributed by atoms with Crippen LogP contribution in [0.2, 0.25) is 0 Å². The van der Waals surface area contributed by atoms with Gasteiger partial charge in [-0.1, -0.05) is 62.6 Å². The van der Waals surface area contributed by atoms with Crippen molar-refractivity contribution < 1.29 is 0 Å². The maximum Gasteiger partial charge on any atom is 0.0771 e. The van der Waals surface area contributed by atoms with E-state index in [1.54, 1.807) is 16.7 Å². The summed E-state index contributed by atoms with van der Waals surface area (Å²) in [7, 11) is 0. The quantitative estimate of drug-likeness (QED) is 0.396. The van der Waals surface area contributed by atoms with Crippen molar-refractivity contribution in [2.45, 2.75) is 90.5 Å². The Labute approximate surface area is 194 Å². The third-order valence-corrected chi connectivity index (χ3v) is 8.03. The van der Waals surface area contributed by atoms with Crippen molar-refractivity contribution in [1.82, 2.24) is 0 Å². The van der Waals surface area contributed by atoms with Crippen LogP contribution in [0.5, 0.6) is 0 Å². The molecule has 0 aromatic heterocycles. The van der Waals surface area contributed by atoms with Gasteiger partial charge in [0.2, 0.25) is 0 Å². The fourth-order valence-electron chi connectivity index (χ4n) is 5.95. The fourth-order valence-corrected chi connectivity index (χ4v) is 5.95. The summed E-state index contributed by atoms with van der Waals surface area (Å²) < 4.78 is 0. The van der Waals surface area contributed by atoms with Gasteiger partial charge in [-0.05, 0) is 91.6 Å². The van der Waals surface area contributed by atoms with Gasteiger partial charge in [-0.2, -0.15) is 0 Å². The highest BCUT2D eigenvalue weighted by molar-refractivity contribution is 6.15. The van der Waals surface area contributed by atoms with Crippen molar-refractivity contribution in [3.05, 3.63) is 70.0 Å². The van der Waals surface area contributed by atoms with Gasteiger partial charge >= 0.3 is 0 Å². The number of dihydropyridines is 1. The zero-order chi connectivity index (χ0) is 22.1. The Morgan fingerprint density at radius 1 is 1.09 bits per heavy atom. The molecule has 1 saturated carbocycles. The molecule has 0 bridgehead atoms. The van der Waals surface area contributed by atoms with Crippen LogP contribution in [0.4, 0.5) is 0 Å². The topological polar surface area (TPSA) is 24.7 Å². The molecule has 1 fully saturated rings. The first kappa shape index (κ1) is 21.6. The SMILES string of the molecule is CCCCCC1=C2CC(c3ccccc3C)C=C(C3CC3C)C2=NC(C2=CN=CCC2)C1. The van der Waals surface area contributed by atoms with Gasteiger partial charge in [0.05, 0.1) is 11.8 Å². The highest BCUT2D eigenvalue weighted by Gasteiger charge is 2.42. The molecule has 0 spiro atoms. The minimum Gasteiger partial charge on any atom is -0.277 e. The Kier molecular flexibility index (Phi) is 6.31. The number of hydrogen-bond donors (Lipinski definition) is 0. The van der Waals surface area contributed by atoms with Gasteiger partial charge in [0.1, 0.15) is 0 Å². The molecule has 0 saturated heterocycles. The van der Waals surface area contributed by atoms with E-state index in [9.17, 15) is 0 Å². The monoisotopic (exact) mass is 426 g/mol. The standard InChI is InChI=1S/C30H38N2/c1-4-5-6-11-22-18-29(23-12-9-14-31-19-23)32-30-27(22)16-24(17-28(30)26-15-21(26)3)25-13-8-7-10-20(25)2/h7-8,10,13-14,17,19,21,24,26,29H,4-6,9,11-12,15-16,18H2,1-3H3. The van der Waals surface area contributed by atoms with E-state index in [1.807, 2.05) is 6.21 Å². The van der Waals surface area contributed by atoms with Crippen LogP contribution < -0.4 is 0 Å². The lowest BCUT2D eigenvalue weighted by molar-refractivity contribution is 0.631. The second-order valence-corrected chi connectivity index (χ2v) is 10.4. The van der Waals surface area contributed by atoms with Crippen LogP contribution in [0.25, 0.3) is 0 Å². The molecule has 2 nitrogen and oxygen atoms in total. The Bertz CT molecular complexity index is 1020. The van der Waals surface area contributed by atoms with Crippen LogP contribution in [0.3, 0.4) is 0 Å². The number of benzene rings is 1. The van der Waals surface area contributed by atoms with Crippen LogP contribution >= 0.6 is 0 Å². The number of aliphatic imine (C=N–C) groups is 2. The van der Waals surface area contributed by atoms with Crippen LogP contribution in [0.1, 0.15) is 88.7 Å². The zero-order valence-electron chi connectivity index (χ0n) is 20.1. The van der Waals surface area contributed by atoms with Crippen LogP contribution in [0.15, 0.2) is 68.8 Å². The third-order valence-electron chi connectivity index (χ3n) is 8.03. The Balaban J connectivity index is 1.57. The zero-order valence-corrected chi connectivity index (χ0v) is 20.1. The number of fused-ring (bicyclic) bond motifs is 1. The van der Waals surface area contributed by atoms with Crippen molar-refractivity contribution >= 4 is 11.9 Å².